The third-order valence-corrected chi connectivity index (χ3v) is 1.59. The van der Waals surface area contributed by atoms with E-state index in [9.17, 15) is 4.79 Å². The Morgan fingerprint density at radius 3 is 3.00 bits per heavy atom. The molecule has 13 heavy (non-hydrogen) atoms. The van der Waals surface area contributed by atoms with E-state index in [-0.39, 0.29) is 0 Å². The van der Waals surface area contributed by atoms with Crippen molar-refractivity contribution in [2.75, 3.05) is 0 Å². The fourth-order valence-corrected chi connectivity index (χ4v) is 0.881. The number of rotatable bonds is 1. The summed E-state index contributed by atoms with van der Waals surface area (Å²) in [6, 6.07) is 0. The first kappa shape index (κ1) is 9.32. The third-order valence-electron chi connectivity index (χ3n) is 1.59. The van der Waals surface area contributed by atoms with Crippen LogP contribution < -0.4 is 5.32 Å². The van der Waals surface area contributed by atoms with Crippen molar-refractivity contribution in [3.63, 3.8) is 0 Å². The first-order chi connectivity index (χ1) is 6.20. The summed E-state index contributed by atoms with van der Waals surface area (Å²) in [4.78, 5) is 10.6. The van der Waals surface area contributed by atoms with Gasteiger partial charge in [0, 0.05) is 11.9 Å². The number of carbonyl (C=O) groups is 1. The molecular weight excluding hydrogens is 166 g/mol. The minimum absolute atomic E-state index is 0.320. The molecule has 0 aromatic rings. The van der Waals surface area contributed by atoms with Crippen LogP contribution in [0.3, 0.4) is 0 Å². The molecule has 0 aliphatic carbocycles. The van der Waals surface area contributed by atoms with Crippen LogP contribution in [0, 0.1) is 0 Å². The van der Waals surface area contributed by atoms with Gasteiger partial charge in [0.15, 0.2) is 0 Å². The first-order valence-corrected chi connectivity index (χ1v) is 3.91. The fourth-order valence-electron chi connectivity index (χ4n) is 0.881. The molecule has 0 bridgehead atoms. The van der Waals surface area contributed by atoms with E-state index >= 15 is 0 Å². The van der Waals surface area contributed by atoms with Gasteiger partial charge in [0.25, 0.3) is 0 Å². The molecule has 0 atom stereocenters. The number of hydrogen-bond acceptors (Lipinski definition) is 2. The summed E-state index contributed by atoms with van der Waals surface area (Å²) in [6.07, 6.45) is 9.06. The molecule has 1 aliphatic heterocycles. The highest BCUT2D eigenvalue weighted by Crippen LogP contribution is 2.04. The van der Waals surface area contributed by atoms with Crippen LogP contribution in [-0.4, -0.2) is 11.1 Å². The van der Waals surface area contributed by atoms with E-state index in [1.54, 1.807) is 18.2 Å². The molecule has 0 saturated heterocycles. The van der Waals surface area contributed by atoms with Crippen LogP contribution in [0.4, 0.5) is 0 Å². The van der Waals surface area contributed by atoms with Gasteiger partial charge in [-0.25, -0.2) is 4.79 Å². The molecule has 1 heterocycles. The Labute approximate surface area is 76.8 Å². The van der Waals surface area contributed by atoms with Crippen LogP contribution >= 0.6 is 0 Å². The van der Waals surface area contributed by atoms with E-state index in [4.69, 9.17) is 5.11 Å². The van der Waals surface area contributed by atoms with Crippen molar-refractivity contribution in [3.05, 3.63) is 48.4 Å². The first-order valence-electron chi connectivity index (χ1n) is 3.91. The maximum Gasteiger partial charge on any atom is 0.333 e. The standard InChI is InChI=1S/C10H11NO2/c1-8-5-3-2-4-6-9(7-11-8)10(12)13/h2-5,7,11H,1,6H2,(H,12,13)/b4-2-,5-3-,9-7+. The Hall–Kier alpha value is -1.77. The second-order valence-corrected chi connectivity index (χ2v) is 2.64. The van der Waals surface area contributed by atoms with E-state index in [2.05, 4.69) is 11.9 Å². The lowest BCUT2D eigenvalue weighted by atomic mass is 10.2. The molecule has 1 rings (SSSR count). The monoisotopic (exact) mass is 177 g/mol. The zero-order chi connectivity index (χ0) is 9.68. The topological polar surface area (TPSA) is 49.3 Å². The van der Waals surface area contributed by atoms with Gasteiger partial charge in [-0.15, -0.1) is 0 Å². The van der Waals surface area contributed by atoms with Gasteiger partial charge >= 0.3 is 5.97 Å². The molecule has 0 fully saturated rings. The minimum atomic E-state index is -0.910. The predicted octanol–water partition coefficient (Wildman–Crippen LogP) is 1.57. The molecule has 0 saturated carbocycles. The average Bonchev–Trinajstić information content (AvgIpc) is 2.17. The summed E-state index contributed by atoms with van der Waals surface area (Å²) in [7, 11) is 0. The molecule has 1 aliphatic rings. The van der Waals surface area contributed by atoms with Crippen molar-refractivity contribution in [2.24, 2.45) is 0 Å². The Kier molecular flexibility index (Phi) is 3.09. The number of nitrogens with one attached hydrogen (secondary N) is 1. The van der Waals surface area contributed by atoms with E-state index in [0.29, 0.717) is 17.7 Å². The van der Waals surface area contributed by atoms with Crippen LogP contribution in [0.25, 0.3) is 0 Å². The Morgan fingerprint density at radius 2 is 2.31 bits per heavy atom. The fraction of sp³-hybridized carbons (Fsp3) is 0.100. The lowest BCUT2D eigenvalue weighted by Gasteiger charge is -2.00. The molecule has 0 amide bonds. The molecule has 0 unspecified atom stereocenters. The second kappa shape index (κ2) is 4.30. The largest absolute Gasteiger partial charge is 0.478 e. The van der Waals surface area contributed by atoms with Crippen molar-refractivity contribution in [1.82, 2.24) is 5.32 Å². The van der Waals surface area contributed by atoms with Crippen molar-refractivity contribution < 1.29 is 9.90 Å². The molecule has 0 radical (unpaired) electrons. The van der Waals surface area contributed by atoms with Gasteiger partial charge in [-0.2, -0.15) is 0 Å². The predicted molar refractivity (Wildman–Crippen MR) is 50.9 cm³/mol. The van der Waals surface area contributed by atoms with Gasteiger partial charge in [-0.05, 0) is 12.5 Å². The normalized spacial score (nSPS) is 25.5. The highest BCUT2D eigenvalue weighted by atomic mass is 16.4. The van der Waals surface area contributed by atoms with Crippen molar-refractivity contribution in [1.29, 1.82) is 0 Å². The summed E-state index contributed by atoms with van der Waals surface area (Å²) in [5, 5.41) is 11.5. The number of allylic oxidation sites excluding steroid dienone is 4. The SMILES string of the molecule is C=C1/C=C\C=C/C/C(C(=O)O)=C\N1. The summed E-state index contributed by atoms with van der Waals surface area (Å²) in [6.45, 7) is 3.68. The molecule has 0 spiro atoms. The van der Waals surface area contributed by atoms with E-state index in [1.807, 2.05) is 6.08 Å². The lowest BCUT2D eigenvalue weighted by molar-refractivity contribution is -0.132. The van der Waals surface area contributed by atoms with Crippen molar-refractivity contribution >= 4 is 5.97 Å². The van der Waals surface area contributed by atoms with Crippen molar-refractivity contribution in [3.8, 4) is 0 Å². The summed E-state index contributed by atoms with van der Waals surface area (Å²) < 4.78 is 0. The van der Waals surface area contributed by atoms with Crippen LogP contribution in [0.1, 0.15) is 6.42 Å². The van der Waals surface area contributed by atoms with Gasteiger partial charge in [0.05, 0.1) is 5.57 Å². The van der Waals surface area contributed by atoms with Gasteiger partial charge in [-0.1, -0.05) is 24.8 Å². The van der Waals surface area contributed by atoms with Gasteiger partial charge in [0.2, 0.25) is 0 Å². The second-order valence-electron chi connectivity index (χ2n) is 2.64. The molecule has 2 N–H and O–H groups in total. The smallest absolute Gasteiger partial charge is 0.333 e. The van der Waals surface area contributed by atoms with Crippen LogP contribution in [0.5, 0.6) is 0 Å². The molecule has 68 valence electrons. The van der Waals surface area contributed by atoms with Crippen LogP contribution in [-0.2, 0) is 4.79 Å². The minimum Gasteiger partial charge on any atom is -0.478 e. The Bertz CT molecular complexity index is 311. The highest BCUT2D eigenvalue weighted by Gasteiger charge is 2.04. The third kappa shape index (κ3) is 2.99. The van der Waals surface area contributed by atoms with E-state index in [0.717, 1.165) is 0 Å². The molecule has 0 aromatic heterocycles. The Balaban J connectivity index is 2.82. The maximum absolute atomic E-state index is 10.6. The number of carboxylic acids is 1. The maximum atomic E-state index is 10.6. The number of aliphatic carboxylic acids is 1. The lowest BCUT2D eigenvalue weighted by Crippen LogP contribution is -2.07. The summed E-state index contributed by atoms with van der Waals surface area (Å²) >= 11 is 0. The zero-order valence-electron chi connectivity index (χ0n) is 7.16. The molecular formula is C10H11NO2. The zero-order valence-corrected chi connectivity index (χ0v) is 7.16. The van der Waals surface area contributed by atoms with Gasteiger partial charge < -0.3 is 10.4 Å². The number of carboxylic acid groups (broad SMARTS) is 1. The average molecular weight is 177 g/mol. The van der Waals surface area contributed by atoms with Crippen molar-refractivity contribution in [2.45, 2.75) is 6.42 Å². The van der Waals surface area contributed by atoms with Crippen LogP contribution in [0.15, 0.2) is 48.4 Å². The van der Waals surface area contributed by atoms with Gasteiger partial charge in [0.1, 0.15) is 0 Å². The summed E-state index contributed by atoms with van der Waals surface area (Å²) in [5.41, 5.74) is 0.992. The van der Waals surface area contributed by atoms with Crippen LogP contribution in [0.2, 0.25) is 0 Å². The Morgan fingerprint density at radius 1 is 1.54 bits per heavy atom. The summed E-state index contributed by atoms with van der Waals surface area (Å²) in [5.74, 6) is -0.910. The van der Waals surface area contributed by atoms with Gasteiger partial charge in [-0.3, -0.25) is 0 Å². The quantitative estimate of drug-likeness (QED) is 0.639. The molecule has 3 nitrogen and oxygen atoms in total. The molecule has 0 aromatic carbocycles. The highest BCUT2D eigenvalue weighted by molar-refractivity contribution is 5.86. The number of hydrogen-bond donors (Lipinski definition) is 2. The van der Waals surface area contributed by atoms with E-state index < -0.39 is 5.97 Å². The molecule has 3 heteroatoms. The van der Waals surface area contributed by atoms with E-state index in [1.165, 1.54) is 6.20 Å².